The molecule has 0 aliphatic heterocycles. The van der Waals surface area contributed by atoms with Gasteiger partial charge in [-0.25, -0.2) is 0 Å². The van der Waals surface area contributed by atoms with Gasteiger partial charge in [-0.1, -0.05) is 35.0 Å². The van der Waals surface area contributed by atoms with Crippen LogP contribution in [0.15, 0.2) is 47.0 Å². The lowest BCUT2D eigenvalue weighted by Crippen LogP contribution is -1.89. The molecule has 1 aromatic heterocycles. The number of aryl methyl sites for hydroxylation is 1. The Labute approximate surface area is 121 Å². The molecule has 0 bridgehead atoms. The zero-order valence-corrected chi connectivity index (χ0v) is 11.6. The van der Waals surface area contributed by atoms with Gasteiger partial charge in [0, 0.05) is 16.8 Å². The maximum Gasteiger partial charge on any atom is 0.258 e. The van der Waals surface area contributed by atoms with Gasteiger partial charge in [0.1, 0.15) is 0 Å². The summed E-state index contributed by atoms with van der Waals surface area (Å²) in [6.45, 7) is 1.97. The molecule has 3 aromatic rings. The van der Waals surface area contributed by atoms with E-state index in [-0.39, 0.29) is 0 Å². The minimum Gasteiger partial charge on any atom is -0.399 e. The van der Waals surface area contributed by atoms with E-state index in [2.05, 4.69) is 10.1 Å². The van der Waals surface area contributed by atoms with Crippen LogP contribution >= 0.6 is 11.6 Å². The molecule has 100 valence electrons. The number of nitrogen functional groups attached to an aromatic ring is 1. The predicted molar refractivity (Wildman–Crippen MR) is 79.3 cm³/mol. The van der Waals surface area contributed by atoms with E-state index in [1.54, 1.807) is 6.07 Å². The van der Waals surface area contributed by atoms with Crippen molar-refractivity contribution in [1.82, 2.24) is 10.1 Å². The average Bonchev–Trinajstić information content (AvgIpc) is 2.91. The molecule has 2 N–H and O–H groups in total. The standard InChI is InChI=1S/C15H12ClN3O/c1-9-6-7-10(17)8-12(9)15-18-14(19-20-15)11-4-2-3-5-13(11)16/h2-8H,17H2,1H3. The van der Waals surface area contributed by atoms with Gasteiger partial charge in [0.2, 0.25) is 5.82 Å². The number of anilines is 1. The minimum absolute atomic E-state index is 0.435. The van der Waals surface area contributed by atoms with Crippen LogP contribution in [-0.2, 0) is 0 Å². The van der Waals surface area contributed by atoms with E-state index in [9.17, 15) is 0 Å². The largest absolute Gasteiger partial charge is 0.399 e. The third kappa shape index (κ3) is 2.26. The van der Waals surface area contributed by atoms with Gasteiger partial charge < -0.3 is 10.3 Å². The summed E-state index contributed by atoms with van der Waals surface area (Å²) >= 11 is 6.13. The van der Waals surface area contributed by atoms with Crippen LogP contribution in [0.3, 0.4) is 0 Å². The molecular formula is C15H12ClN3O. The number of hydrogen-bond acceptors (Lipinski definition) is 4. The van der Waals surface area contributed by atoms with E-state index in [1.165, 1.54) is 0 Å². The van der Waals surface area contributed by atoms with Crippen molar-refractivity contribution in [2.24, 2.45) is 0 Å². The summed E-state index contributed by atoms with van der Waals surface area (Å²) in [6.07, 6.45) is 0. The summed E-state index contributed by atoms with van der Waals surface area (Å²) in [5.74, 6) is 0.900. The van der Waals surface area contributed by atoms with Crippen molar-refractivity contribution in [3.63, 3.8) is 0 Å². The maximum absolute atomic E-state index is 6.13. The van der Waals surface area contributed by atoms with Crippen LogP contribution in [0.1, 0.15) is 5.56 Å². The van der Waals surface area contributed by atoms with Crippen LogP contribution in [-0.4, -0.2) is 10.1 Å². The summed E-state index contributed by atoms with van der Waals surface area (Å²) in [5, 5.41) is 4.57. The van der Waals surface area contributed by atoms with Gasteiger partial charge in [0.15, 0.2) is 0 Å². The Kier molecular flexibility index (Phi) is 3.16. The lowest BCUT2D eigenvalue weighted by molar-refractivity contribution is 0.432. The van der Waals surface area contributed by atoms with Crippen molar-refractivity contribution in [2.45, 2.75) is 6.92 Å². The fourth-order valence-electron chi connectivity index (χ4n) is 1.95. The zero-order valence-electron chi connectivity index (χ0n) is 10.8. The van der Waals surface area contributed by atoms with Crippen molar-refractivity contribution < 1.29 is 4.52 Å². The van der Waals surface area contributed by atoms with E-state index in [1.807, 2.05) is 43.3 Å². The first kappa shape index (κ1) is 12.7. The molecule has 0 saturated heterocycles. The number of nitrogens with two attached hydrogens (primary N) is 1. The second kappa shape index (κ2) is 4.98. The zero-order chi connectivity index (χ0) is 14.1. The van der Waals surface area contributed by atoms with Crippen molar-refractivity contribution in [1.29, 1.82) is 0 Å². The highest BCUT2D eigenvalue weighted by molar-refractivity contribution is 6.33. The van der Waals surface area contributed by atoms with E-state index in [4.69, 9.17) is 21.9 Å². The van der Waals surface area contributed by atoms with E-state index in [0.717, 1.165) is 16.7 Å². The Hall–Kier alpha value is -2.33. The monoisotopic (exact) mass is 285 g/mol. The molecule has 2 aromatic carbocycles. The summed E-state index contributed by atoms with van der Waals surface area (Å²) in [5.41, 5.74) is 9.04. The lowest BCUT2D eigenvalue weighted by atomic mass is 10.1. The van der Waals surface area contributed by atoms with Gasteiger partial charge in [-0.05, 0) is 36.8 Å². The highest BCUT2D eigenvalue weighted by Crippen LogP contribution is 2.29. The summed E-state index contributed by atoms with van der Waals surface area (Å²) in [4.78, 5) is 4.40. The Morgan fingerprint density at radius 2 is 1.90 bits per heavy atom. The maximum atomic E-state index is 6.13. The molecule has 5 heteroatoms. The summed E-state index contributed by atoms with van der Waals surface area (Å²) in [6, 6.07) is 13.0. The van der Waals surface area contributed by atoms with Gasteiger partial charge in [-0.15, -0.1) is 0 Å². The van der Waals surface area contributed by atoms with Gasteiger partial charge in [0.05, 0.1) is 5.02 Å². The summed E-state index contributed by atoms with van der Waals surface area (Å²) in [7, 11) is 0. The Balaban J connectivity index is 2.07. The van der Waals surface area contributed by atoms with Crippen molar-refractivity contribution in [3.8, 4) is 22.8 Å². The molecule has 0 saturated carbocycles. The molecule has 0 atom stereocenters. The van der Waals surface area contributed by atoms with Crippen molar-refractivity contribution in [2.75, 3.05) is 5.73 Å². The average molecular weight is 286 g/mol. The number of aromatic nitrogens is 2. The number of halogens is 1. The van der Waals surface area contributed by atoms with E-state index >= 15 is 0 Å². The molecule has 0 amide bonds. The number of benzene rings is 2. The Bertz CT molecular complexity index is 767. The van der Waals surface area contributed by atoms with E-state index in [0.29, 0.717) is 22.4 Å². The van der Waals surface area contributed by atoms with Crippen LogP contribution in [0.5, 0.6) is 0 Å². The van der Waals surface area contributed by atoms with E-state index < -0.39 is 0 Å². The Morgan fingerprint density at radius 1 is 1.10 bits per heavy atom. The molecule has 4 nitrogen and oxygen atoms in total. The molecule has 20 heavy (non-hydrogen) atoms. The molecule has 0 aliphatic rings. The number of nitrogens with zero attached hydrogens (tertiary/aromatic N) is 2. The molecular weight excluding hydrogens is 274 g/mol. The molecule has 0 unspecified atom stereocenters. The van der Waals surface area contributed by atoms with Gasteiger partial charge >= 0.3 is 0 Å². The summed E-state index contributed by atoms with van der Waals surface area (Å²) < 4.78 is 5.32. The second-order valence-electron chi connectivity index (χ2n) is 4.48. The highest BCUT2D eigenvalue weighted by atomic mass is 35.5. The molecule has 0 fully saturated rings. The highest BCUT2D eigenvalue weighted by Gasteiger charge is 2.14. The third-order valence-corrected chi connectivity index (χ3v) is 3.36. The normalized spacial score (nSPS) is 10.7. The molecule has 3 rings (SSSR count). The van der Waals surface area contributed by atoms with Gasteiger partial charge in [-0.3, -0.25) is 0 Å². The van der Waals surface area contributed by atoms with Crippen molar-refractivity contribution in [3.05, 3.63) is 53.1 Å². The lowest BCUT2D eigenvalue weighted by Gasteiger charge is -2.01. The van der Waals surface area contributed by atoms with Crippen LogP contribution in [0.2, 0.25) is 5.02 Å². The first-order valence-corrected chi connectivity index (χ1v) is 6.48. The molecule has 0 spiro atoms. The van der Waals surface area contributed by atoms with Gasteiger partial charge in [0.25, 0.3) is 5.89 Å². The quantitative estimate of drug-likeness (QED) is 0.724. The van der Waals surface area contributed by atoms with Crippen LogP contribution in [0, 0.1) is 6.92 Å². The third-order valence-electron chi connectivity index (χ3n) is 3.03. The fraction of sp³-hybridized carbons (Fsp3) is 0.0667. The van der Waals surface area contributed by atoms with Gasteiger partial charge in [-0.2, -0.15) is 4.98 Å². The Morgan fingerprint density at radius 3 is 2.70 bits per heavy atom. The molecule has 1 heterocycles. The number of rotatable bonds is 2. The minimum atomic E-state index is 0.435. The number of hydrogen-bond donors (Lipinski definition) is 1. The van der Waals surface area contributed by atoms with Crippen LogP contribution < -0.4 is 5.73 Å². The first-order valence-electron chi connectivity index (χ1n) is 6.10. The topological polar surface area (TPSA) is 64.9 Å². The first-order chi connectivity index (χ1) is 9.65. The molecule has 0 radical (unpaired) electrons. The van der Waals surface area contributed by atoms with Crippen molar-refractivity contribution >= 4 is 17.3 Å². The second-order valence-corrected chi connectivity index (χ2v) is 4.88. The van der Waals surface area contributed by atoms with Crippen LogP contribution in [0.4, 0.5) is 5.69 Å². The smallest absolute Gasteiger partial charge is 0.258 e. The fourth-order valence-corrected chi connectivity index (χ4v) is 2.18. The SMILES string of the molecule is Cc1ccc(N)cc1-c1nc(-c2ccccc2Cl)no1. The predicted octanol–water partition coefficient (Wildman–Crippen LogP) is 3.95. The molecule has 0 aliphatic carbocycles. The van der Waals surface area contributed by atoms with Crippen LogP contribution in [0.25, 0.3) is 22.8 Å².